The minimum atomic E-state index is -0.772. The van der Waals surface area contributed by atoms with E-state index in [0.717, 1.165) is 57.8 Å². The SMILES string of the molecule is CCCCCC/C=C\CCCCCCCCCC(=O)O[C@H](COC(=O)CCCCCCCCC/C=C\CCCCCCCC)COC(=O)CCCCCCCCCCCCCCCCCCCCC. The quantitative estimate of drug-likeness (QED) is 0.0261. The van der Waals surface area contributed by atoms with Crippen LogP contribution in [-0.2, 0) is 28.6 Å². The standard InChI is InChI=1S/C63H118O6/c1-4-7-10-13-16-19-22-25-28-30-31-33-36-38-41-44-47-50-53-56-62(65)68-59-60(69-63(66)57-54-51-48-45-42-39-34-27-24-21-18-15-12-9-6-3)58-67-61(64)55-52-49-46-43-40-37-35-32-29-26-23-20-17-14-11-8-5-2/h21,24,26,29,60H,4-20,22-23,25,27-28,30-59H2,1-3H3/b24-21-,29-26-/t60-/m1/s1. The Morgan fingerprint density at radius 3 is 0.739 bits per heavy atom. The van der Waals surface area contributed by atoms with Gasteiger partial charge in [0.2, 0.25) is 0 Å². The third kappa shape index (κ3) is 56.7. The molecule has 0 aliphatic heterocycles. The second-order valence-electron chi connectivity index (χ2n) is 21.0. The molecule has 0 aliphatic rings. The van der Waals surface area contributed by atoms with Gasteiger partial charge in [-0.1, -0.05) is 276 Å². The molecule has 0 unspecified atom stereocenters. The van der Waals surface area contributed by atoms with Crippen molar-refractivity contribution in [2.24, 2.45) is 0 Å². The van der Waals surface area contributed by atoms with Gasteiger partial charge in [-0.15, -0.1) is 0 Å². The van der Waals surface area contributed by atoms with E-state index in [0.29, 0.717) is 19.3 Å². The van der Waals surface area contributed by atoms with Gasteiger partial charge in [0.25, 0.3) is 0 Å². The fourth-order valence-corrected chi connectivity index (χ4v) is 9.26. The molecule has 0 aliphatic carbocycles. The van der Waals surface area contributed by atoms with Crippen LogP contribution in [0.3, 0.4) is 0 Å². The predicted molar refractivity (Wildman–Crippen MR) is 298 cm³/mol. The van der Waals surface area contributed by atoms with E-state index in [2.05, 4.69) is 45.1 Å². The molecular weight excluding hydrogens is 853 g/mol. The van der Waals surface area contributed by atoms with Crippen LogP contribution >= 0.6 is 0 Å². The first kappa shape index (κ1) is 66.9. The van der Waals surface area contributed by atoms with Crippen LogP contribution in [0.15, 0.2) is 24.3 Å². The molecule has 0 rings (SSSR count). The number of carbonyl (C=O) groups excluding carboxylic acids is 3. The summed E-state index contributed by atoms with van der Waals surface area (Å²) >= 11 is 0. The molecule has 6 heteroatoms. The fourth-order valence-electron chi connectivity index (χ4n) is 9.26. The largest absolute Gasteiger partial charge is 0.462 e. The highest BCUT2D eigenvalue weighted by atomic mass is 16.6. The average Bonchev–Trinajstić information content (AvgIpc) is 3.35. The zero-order valence-corrected chi connectivity index (χ0v) is 46.6. The summed E-state index contributed by atoms with van der Waals surface area (Å²) in [6, 6.07) is 0. The van der Waals surface area contributed by atoms with Crippen LogP contribution in [0.4, 0.5) is 0 Å². The third-order valence-electron chi connectivity index (χ3n) is 13.9. The van der Waals surface area contributed by atoms with Crippen LogP contribution in [-0.4, -0.2) is 37.2 Å². The Morgan fingerprint density at radius 1 is 0.275 bits per heavy atom. The van der Waals surface area contributed by atoms with E-state index >= 15 is 0 Å². The van der Waals surface area contributed by atoms with Crippen LogP contribution in [0, 0.1) is 0 Å². The van der Waals surface area contributed by atoms with Gasteiger partial charge < -0.3 is 14.2 Å². The summed E-state index contributed by atoms with van der Waals surface area (Å²) < 4.78 is 16.9. The Kier molecular flexibility index (Phi) is 56.7. The average molecular weight is 972 g/mol. The highest BCUT2D eigenvalue weighted by molar-refractivity contribution is 5.71. The Bertz CT molecular complexity index is 1110. The molecule has 0 aromatic rings. The maximum Gasteiger partial charge on any atom is 0.306 e. The minimum absolute atomic E-state index is 0.0695. The van der Waals surface area contributed by atoms with E-state index in [1.165, 1.54) is 244 Å². The van der Waals surface area contributed by atoms with Gasteiger partial charge in [-0.05, 0) is 70.6 Å². The first-order valence-electron chi connectivity index (χ1n) is 30.8. The number of carbonyl (C=O) groups is 3. The molecule has 406 valence electrons. The molecular formula is C63H118O6. The molecule has 1 atom stereocenters. The fraction of sp³-hybridized carbons (Fsp3) is 0.889. The maximum absolute atomic E-state index is 12.9. The molecule has 0 saturated heterocycles. The van der Waals surface area contributed by atoms with Crippen LogP contribution in [0.5, 0.6) is 0 Å². The van der Waals surface area contributed by atoms with Gasteiger partial charge in [0, 0.05) is 19.3 Å². The van der Waals surface area contributed by atoms with Crippen LogP contribution in [0.1, 0.15) is 342 Å². The summed E-state index contributed by atoms with van der Waals surface area (Å²) in [6.45, 7) is 6.68. The van der Waals surface area contributed by atoms with Crippen molar-refractivity contribution >= 4 is 17.9 Å². The summed E-state index contributed by atoms with van der Waals surface area (Å²) in [7, 11) is 0. The van der Waals surface area contributed by atoms with Gasteiger partial charge >= 0.3 is 17.9 Å². The number of ether oxygens (including phenoxy) is 3. The predicted octanol–water partition coefficient (Wildman–Crippen LogP) is 20.7. The van der Waals surface area contributed by atoms with E-state index in [1.54, 1.807) is 0 Å². The maximum atomic E-state index is 12.9. The summed E-state index contributed by atoms with van der Waals surface area (Å²) in [6.07, 6.45) is 68.9. The van der Waals surface area contributed by atoms with E-state index in [4.69, 9.17) is 14.2 Å². The van der Waals surface area contributed by atoms with Crippen molar-refractivity contribution in [2.45, 2.75) is 348 Å². The molecule has 0 N–H and O–H groups in total. The topological polar surface area (TPSA) is 78.9 Å². The van der Waals surface area contributed by atoms with Crippen LogP contribution in [0.2, 0.25) is 0 Å². The second kappa shape index (κ2) is 58.5. The number of esters is 3. The number of rotatable bonds is 57. The van der Waals surface area contributed by atoms with Crippen molar-refractivity contribution < 1.29 is 28.6 Å². The zero-order valence-electron chi connectivity index (χ0n) is 46.6. The van der Waals surface area contributed by atoms with Crippen LogP contribution in [0.25, 0.3) is 0 Å². The number of hydrogen-bond donors (Lipinski definition) is 0. The van der Waals surface area contributed by atoms with Gasteiger partial charge in [0.05, 0.1) is 0 Å². The van der Waals surface area contributed by atoms with Crippen molar-refractivity contribution in [3.63, 3.8) is 0 Å². The van der Waals surface area contributed by atoms with E-state index in [1.807, 2.05) is 0 Å². The van der Waals surface area contributed by atoms with Crippen molar-refractivity contribution in [1.82, 2.24) is 0 Å². The van der Waals surface area contributed by atoms with E-state index in [9.17, 15) is 14.4 Å². The van der Waals surface area contributed by atoms with Crippen molar-refractivity contribution in [2.75, 3.05) is 13.2 Å². The van der Waals surface area contributed by atoms with E-state index < -0.39 is 6.10 Å². The lowest BCUT2D eigenvalue weighted by Gasteiger charge is -2.18. The smallest absolute Gasteiger partial charge is 0.306 e. The highest BCUT2D eigenvalue weighted by Crippen LogP contribution is 2.17. The molecule has 0 spiro atoms. The normalized spacial score (nSPS) is 12.1. The molecule has 0 fully saturated rings. The Balaban J connectivity index is 4.31. The summed E-state index contributed by atoms with van der Waals surface area (Å²) in [5, 5.41) is 0. The minimum Gasteiger partial charge on any atom is -0.462 e. The molecule has 69 heavy (non-hydrogen) atoms. The number of unbranched alkanes of at least 4 members (excludes halogenated alkanes) is 42. The summed E-state index contributed by atoms with van der Waals surface area (Å²) in [4.78, 5) is 38.2. The van der Waals surface area contributed by atoms with Crippen molar-refractivity contribution in [1.29, 1.82) is 0 Å². The molecule has 0 aromatic carbocycles. The van der Waals surface area contributed by atoms with Gasteiger partial charge in [-0.3, -0.25) is 14.4 Å². The first-order valence-corrected chi connectivity index (χ1v) is 30.8. The van der Waals surface area contributed by atoms with Gasteiger partial charge in [0.1, 0.15) is 13.2 Å². The lowest BCUT2D eigenvalue weighted by Crippen LogP contribution is -2.30. The van der Waals surface area contributed by atoms with Crippen LogP contribution < -0.4 is 0 Å². The Morgan fingerprint density at radius 2 is 0.478 bits per heavy atom. The van der Waals surface area contributed by atoms with Crippen molar-refractivity contribution in [3.8, 4) is 0 Å². The summed E-state index contributed by atoms with van der Waals surface area (Å²) in [5.74, 6) is -0.855. The molecule has 0 saturated carbocycles. The first-order chi connectivity index (χ1) is 34.0. The Labute approximate surface area is 430 Å². The molecule has 0 bridgehead atoms. The molecule has 0 amide bonds. The van der Waals surface area contributed by atoms with Gasteiger partial charge in [-0.25, -0.2) is 0 Å². The highest BCUT2D eigenvalue weighted by Gasteiger charge is 2.19. The number of allylic oxidation sites excluding steroid dienone is 4. The summed E-state index contributed by atoms with van der Waals surface area (Å²) in [5.41, 5.74) is 0. The van der Waals surface area contributed by atoms with Gasteiger partial charge in [0.15, 0.2) is 6.10 Å². The van der Waals surface area contributed by atoms with Crippen molar-refractivity contribution in [3.05, 3.63) is 24.3 Å². The third-order valence-corrected chi connectivity index (χ3v) is 13.9. The van der Waals surface area contributed by atoms with E-state index in [-0.39, 0.29) is 31.1 Å². The van der Waals surface area contributed by atoms with Gasteiger partial charge in [-0.2, -0.15) is 0 Å². The number of hydrogen-bond acceptors (Lipinski definition) is 6. The Hall–Kier alpha value is -2.11. The lowest BCUT2D eigenvalue weighted by molar-refractivity contribution is -0.167. The lowest BCUT2D eigenvalue weighted by atomic mass is 10.0. The molecule has 6 nitrogen and oxygen atoms in total. The second-order valence-corrected chi connectivity index (χ2v) is 21.0. The zero-order chi connectivity index (χ0) is 50.0. The molecule has 0 heterocycles. The molecule has 0 radical (unpaired) electrons. The monoisotopic (exact) mass is 971 g/mol. The molecule has 0 aromatic heterocycles.